The van der Waals surface area contributed by atoms with E-state index < -0.39 is 23.8 Å². The highest BCUT2D eigenvalue weighted by molar-refractivity contribution is 5.82. The molecule has 28 heavy (non-hydrogen) atoms. The van der Waals surface area contributed by atoms with Gasteiger partial charge in [0.05, 0.1) is 17.3 Å². The molecular formula is C20H13F3N4O. The fourth-order valence-corrected chi connectivity index (χ4v) is 3.03. The second-order valence-electron chi connectivity index (χ2n) is 6.12. The van der Waals surface area contributed by atoms with Crippen LogP contribution < -0.4 is 0 Å². The van der Waals surface area contributed by atoms with Crippen LogP contribution in [0.25, 0.3) is 22.2 Å². The molecule has 0 N–H and O–H groups in total. The van der Waals surface area contributed by atoms with Gasteiger partial charge in [-0.25, -0.2) is 17.9 Å². The van der Waals surface area contributed by atoms with Crippen LogP contribution in [-0.2, 0) is 4.79 Å². The minimum absolute atomic E-state index is 0.394. The van der Waals surface area contributed by atoms with Gasteiger partial charge in [0.2, 0.25) is 0 Å². The van der Waals surface area contributed by atoms with Gasteiger partial charge < -0.3 is 4.79 Å². The number of rotatable bonds is 5. The van der Waals surface area contributed by atoms with Gasteiger partial charge in [-0.2, -0.15) is 5.10 Å². The predicted molar refractivity (Wildman–Crippen MR) is 96.3 cm³/mol. The Morgan fingerprint density at radius 1 is 1.00 bits per heavy atom. The van der Waals surface area contributed by atoms with Crippen molar-refractivity contribution in [3.63, 3.8) is 0 Å². The first kappa shape index (κ1) is 17.8. The normalized spacial score (nSPS) is 12.4. The van der Waals surface area contributed by atoms with Gasteiger partial charge in [-0.15, -0.1) is 0 Å². The summed E-state index contributed by atoms with van der Waals surface area (Å²) in [7, 11) is 0. The van der Waals surface area contributed by atoms with Gasteiger partial charge >= 0.3 is 0 Å². The molecule has 0 saturated carbocycles. The lowest BCUT2D eigenvalue weighted by molar-refractivity contribution is -0.109. The van der Waals surface area contributed by atoms with Gasteiger partial charge in [0.15, 0.2) is 0 Å². The van der Waals surface area contributed by atoms with Crippen molar-refractivity contribution in [3.8, 4) is 11.1 Å². The summed E-state index contributed by atoms with van der Waals surface area (Å²) in [6, 6.07) is 7.92. The number of alkyl halides is 2. The smallest absolute Gasteiger partial charge is 0.266 e. The molecule has 5 nitrogen and oxygen atoms in total. The predicted octanol–water partition coefficient (Wildman–Crippen LogP) is 4.36. The van der Waals surface area contributed by atoms with Crippen LogP contribution in [0.2, 0.25) is 0 Å². The van der Waals surface area contributed by atoms with E-state index in [1.165, 1.54) is 23.1 Å². The summed E-state index contributed by atoms with van der Waals surface area (Å²) in [4.78, 5) is 20.0. The van der Waals surface area contributed by atoms with E-state index in [0.29, 0.717) is 27.7 Å². The van der Waals surface area contributed by atoms with E-state index in [2.05, 4.69) is 15.1 Å². The topological polar surface area (TPSA) is 60.7 Å². The van der Waals surface area contributed by atoms with E-state index in [1.54, 1.807) is 30.6 Å². The largest absolute Gasteiger partial charge is 0.301 e. The fraction of sp³-hybridized carbons (Fsp3) is 0.100. The molecule has 0 spiro atoms. The quantitative estimate of drug-likeness (QED) is 0.481. The van der Waals surface area contributed by atoms with Crippen LogP contribution in [0.1, 0.15) is 23.6 Å². The molecule has 0 aliphatic heterocycles. The van der Waals surface area contributed by atoms with Crippen LogP contribution in [0.15, 0.2) is 61.2 Å². The Labute approximate surface area is 157 Å². The summed E-state index contributed by atoms with van der Waals surface area (Å²) >= 11 is 0. The molecule has 0 bridgehead atoms. The lowest BCUT2D eigenvalue weighted by Gasteiger charge is -2.13. The number of benzene rings is 1. The second kappa shape index (κ2) is 7.22. The molecule has 1 aromatic carbocycles. The standard InChI is InChI=1S/C20H13F3N4O/c21-16-2-1-13(7-15(16)20(22)23)14-8-18-17(25-9-14)10-26-27(18)19(11-28)12-3-5-24-6-4-12/h1-11,19-20H/t19-/m1/s1. The Morgan fingerprint density at radius 3 is 2.50 bits per heavy atom. The third-order valence-corrected chi connectivity index (χ3v) is 4.45. The number of aldehydes is 1. The number of nitrogens with zero attached hydrogens (tertiary/aromatic N) is 4. The van der Waals surface area contributed by atoms with Crippen LogP contribution >= 0.6 is 0 Å². The zero-order chi connectivity index (χ0) is 19.7. The summed E-state index contributed by atoms with van der Waals surface area (Å²) in [5.74, 6) is -0.962. The van der Waals surface area contributed by atoms with Crippen LogP contribution in [0.4, 0.5) is 13.2 Å². The van der Waals surface area contributed by atoms with Gasteiger partial charge in [-0.05, 0) is 41.5 Å². The number of carbonyl (C=O) groups is 1. The third-order valence-electron chi connectivity index (χ3n) is 4.45. The summed E-state index contributed by atoms with van der Waals surface area (Å²) in [5, 5.41) is 4.26. The van der Waals surface area contributed by atoms with Crippen LogP contribution in [0, 0.1) is 5.82 Å². The third kappa shape index (κ3) is 3.13. The first-order valence-electron chi connectivity index (χ1n) is 8.35. The highest BCUT2D eigenvalue weighted by atomic mass is 19.3. The van der Waals surface area contributed by atoms with Crippen molar-refractivity contribution >= 4 is 17.3 Å². The first-order chi connectivity index (χ1) is 13.6. The Kier molecular flexibility index (Phi) is 4.60. The van der Waals surface area contributed by atoms with Crippen molar-refractivity contribution in [1.29, 1.82) is 0 Å². The Balaban J connectivity index is 1.83. The van der Waals surface area contributed by atoms with E-state index in [0.717, 1.165) is 18.4 Å². The number of fused-ring (bicyclic) bond motifs is 1. The molecule has 0 aliphatic carbocycles. The second-order valence-corrected chi connectivity index (χ2v) is 6.12. The van der Waals surface area contributed by atoms with Gasteiger partial charge in [-0.1, -0.05) is 6.07 Å². The Morgan fingerprint density at radius 2 is 1.79 bits per heavy atom. The summed E-state index contributed by atoms with van der Waals surface area (Å²) < 4.78 is 41.1. The number of halogens is 3. The van der Waals surface area contributed by atoms with Crippen LogP contribution in [0.5, 0.6) is 0 Å². The van der Waals surface area contributed by atoms with E-state index in [9.17, 15) is 18.0 Å². The highest BCUT2D eigenvalue weighted by Crippen LogP contribution is 2.30. The molecule has 1 atom stereocenters. The first-order valence-corrected chi connectivity index (χ1v) is 8.35. The van der Waals surface area contributed by atoms with E-state index in [1.807, 2.05) is 0 Å². The van der Waals surface area contributed by atoms with E-state index >= 15 is 0 Å². The molecular weight excluding hydrogens is 369 g/mol. The lowest BCUT2D eigenvalue weighted by Crippen LogP contribution is -2.13. The van der Waals surface area contributed by atoms with Crippen molar-refractivity contribution in [2.45, 2.75) is 12.5 Å². The molecule has 3 heterocycles. The van der Waals surface area contributed by atoms with Gasteiger partial charge in [0, 0.05) is 24.2 Å². The molecule has 0 unspecified atom stereocenters. The molecule has 0 fully saturated rings. The molecule has 4 aromatic rings. The maximum absolute atomic E-state index is 13.6. The number of carbonyl (C=O) groups excluding carboxylic acids is 1. The van der Waals surface area contributed by atoms with Gasteiger partial charge in [-0.3, -0.25) is 9.97 Å². The molecule has 3 aromatic heterocycles. The molecule has 0 radical (unpaired) electrons. The fourth-order valence-electron chi connectivity index (χ4n) is 3.03. The van der Waals surface area contributed by atoms with E-state index in [4.69, 9.17) is 0 Å². The average Bonchev–Trinajstić information content (AvgIpc) is 3.13. The zero-order valence-corrected chi connectivity index (χ0v) is 14.3. The minimum Gasteiger partial charge on any atom is -0.301 e. The Hall–Kier alpha value is -3.55. The zero-order valence-electron chi connectivity index (χ0n) is 14.3. The monoisotopic (exact) mass is 382 g/mol. The van der Waals surface area contributed by atoms with Crippen molar-refractivity contribution in [2.75, 3.05) is 0 Å². The van der Waals surface area contributed by atoms with Crippen molar-refractivity contribution < 1.29 is 18.0 Å². The summed E-state index contributed by atoms with van der Waals surface area (Å²) in [6.07, 6.45) is 4.00. The molecule has 140 valence electrons. The van der Waals surface area contributed by atoms with Gasteiger partial charge in [0.1, 0.15) is 23.7 Å². The molecule has 4 rings (SSSR count). The number of pyridine rings is 2. The Bertz CT molecular complexity index is 1140. The lowest BCUT2D eigenvalue weighted by atomic mass is 10.0. The van der Waals surface area contributed by atoms with Crippen LogP contribution in [-0.4, -0.2) is 26.0 Å². The van der Waals surface area contributed by atoms with Crippen molar-refractivity contribution in [2.24, 2.45) is 0 Å². The molecule has 0 saturated heterocycles. The minimum atomic E-state index is -2.92. The number of hydrogen-bond donors (Lipinski definition) is 0. The van der Waals surface area contributed by atoms with E-state index in [-0.39, 0.29) is 0 Å². The number of aromatic nitrogens is 4. The average molecular weight is 382 g/mol. The summed E-state index contributed by atoms with van der Waals surface area (Å²) in [6.45, 7) is 0. The summed E-state index contributed by atoms with van der Waals surface area (Å²) in [5.41, 5.74) is 2.02. The van der Waals surface area contributed by atoms with Crippen molar-refractivity contribution in [1.82, 2.24) is 19.7 Å². The maximum atomic E-state index is 13.6. The van der Waals surface area contributed by atoms with Gasteiger partial charge in [0.25, 0.3) is 6.43 Å². The van der Waals surface area contributed by atoms with Crippen molar-refractivity contribution in [3.05, 3.63) is 78.1 Å². The molecule has 0 amide bonds. The SMILES string of the molecule is O=C[C@H](c1ccncc1)n1ncc2ncc(-c3ccc(F)c(C(F)F)c3)cc21. The molecule has 8 heteroatoms. The van der Waals surface area contributed by atoms with Crippen LogP contribution in [0.3, 0.4) is 0 Å². The highest BCUT2D eigenvalue weighted by Gasteiger charge is 2.18. The maximum Gasteiger partial charge on any atom is 0.266 e. The molecule has 0 aliphatic rings. The number of hydrogen-bond acceptors (Lipinski definition) is 4.